The molecule has 11 heavy (non-hydrogen) atoms. The molecule has 0 spiro atoms. The Morgan fingerprint density at radius 3 is 2.45 bits per heavy atom. The predicted octanol–water partition coefficient (Wildman–Crippen LogP) is 2.69. The Kier molecular flexibility index (Phi) is 2.26. The van der Waals surface area contributed by atoms with Crippen LogP contribution in [0.4, 0.5) is 0 Å². The Hall–Kier alpha value is -0.460. The van der Waals surface area contributed by atoms with Crippen molar-refractivity contribution in [1.82, 2.24) is 5.32 Å². The molecule has 0 saturated heterocycles. The molecule has 64 valence electrons. The molecule has 0 fully saturated rings. The molecular formula is C10H19N. The van der Waals surface area contributed by atoms with E-state index in [4.69, 9.17) is 0 Å². The molecule has 1 aliphatic rings. The van der Waals surface area contributed by atoms with E-state index in [-0.39, 0.29) is 0 Å². The third kappa shape index (κ3) is 1.58. The van der Waals surface area contributed by atoms with Crippen LogP contribution in [0, 0.1) is 5.41 Å². The smallest absolute Gasteiger partial charge is 0.0115 e. The van der Waals surface area contributed by atoms with Crippen LogP contribution in [0.1, 0.15) is 40.5 Å². The van der Waals surface area contributed by atoms with E-state index in [1.807, 2.05) is 0 Å². The molecule has 1 nitrogen and oxygen atoms in total. The molecule has 0 bridgehead atoms. The second kappa shape index (κ2) is 2.88. The van der Waals surface area contributed by atoms with Crippen molar-refractivity contribution in [2.75, 3.05) is 6.54 Å². The molecule has 0 unspecified atom stereocenters. The zero-order valence-electron chi connectivity index (χ0n) is 8.12. The maximum absolute atomic E-state index is 3.43. The summed E-state index contributed by atoms with van der Waals surface area (Å²) in [6.45, 7) is 10.1. The van der Waals surface area contributed by atoms with Crippen LogP contribution in [0.25, 0.3) is 0 Å². The van der Waals surface area contributed by atoms with Gasteiger partial charge in [-0.2, -0.15) is 0 Å². The van der Waals surface area contributed by atoms with Crippen LogP contribution in [-0.4, -0.2) is 6.54 Å². The highest BCUT2D eigenvalue weighted by Gasteiger charge is 2.28. The second-order valence-corrected chi connectivity index (χ2v) is 4.02. The van der Waals surface area contributed by atoms with Gasteiger partial charge in [-0.3, -0.25) is 0 Å². The molecule has 0 aromatic carbocycles. The fraction of sp³-hybridized carbons (Fsp3) is 0.800. The van der Waals surface area contributed by atoms with E-state index < -0.39 is 0 Å². The largest absolute Gasteiger partial charge is 0.389 e. The lowest BCUT2D eigenvalue weighted by Gasteiger charge is -2.19. The third-order valence-electron chi connectivity index (χ3n) is 2.86. The molecule has 1 aliphatic carbocycles. The molecule has 0 aromatic rings. The monoisotopic (exact) mass is 153 g/mol. The van der Waals surface area contributed by atoms with Gasteiger partial charge in [0.15, 0.2) is 0 Å². The first-order valence-electron chi connectivity index (χ1n) is 4.52. The van der Waals surface area contributed by atoms with Gasteiger partial charge in [-0.1, -0.05) is 13.8 Å². The Morgan fingerprint density at radius 1 is 1.45 bits per heavy atom. The highest BCUT2D eigenvalue weighted by molar-refractivity contribution is 5.23. The van der Waals surface area contributed by atoms with E-state index in [2.05, 4.69) is 33.0 Å². The molecule has 0 atom stereocenters. The quantitative estimate of drug-likeness (QED) is 0.643. The maximum Gasteiger partial charge on any atom is 0.0115 e. The van der Waals surface area contributed by atoms with Crippen LogP contribution < -0.4 is 5.32 Å². The summed E-state index contributed by atoms with van der Waals surface area (Å²) in [6, 6.07) is 0. The number of rotatable bonds is 2. The average molecular weight is 153 g/mol. The van der Waals surface area contributed by atoms with E-state index in [9.17, 15) is 0 Å². The van der Waals surface area contributed by atoms with Gasteiger partial charge in [-0.25, -0.2) is 0 Å². The van der Waals surface area contributed by atoms with Crippen molar-refractivity contribution < 1.29 is 0 Å². The van der Waals surface area contributed by atoms with Crippen LogP contribution in [0.3, 0.4) is 0 Å². The zero-order valence-corrected chi connectivity index (χ0v) is 8.12. The van der Waals surface area contributed by atoms with Crippen molar-refractivity contribution in [1.29, 1.82) is 0 Å². The zero-order chi connectivity index (χ0) is 8.48. The lowest BCUT2D eigenvalue weighted by Crippen LogP contribution is -2.13. The van der Waals surface area contributed by atoms with Crippen LogP contribution in [-0.2, 0) is 0 Å². The van der Waals surface area contributed by atoms with Gasteiger partial charge in [0, 0.05) is 12.2 Å². The minimum absolute atomic E-state index is 0.442. The van der Waals surface area contributed by atoms with Crippen molar-refractivity contribution in [2.24, 2.45) is 5.41 Å². The van der Waals surface area contributed by atoms with Gasteiger partial charge in [0.05, 0.1) is 0 Å². The van der Waals surface area contributed by atoms with Gasteiger partial charge >= 0.3 is 0 Å². The number of hydrogen-bond donors (Lipinski definition) is 1. The molecule has 1 rings (SSSR count). The first-order valence-corrected chi connectivity index (χ1v) is 4.52. The minimum atomic E-state index is 0.442. The van der Waals surface area contributed by atoms with Crippen molar-refractivity contribution in [2.45, 2.75) is 40.5 Å². The summed E-state index contributed by atoms with van der Waals surface area (Å²) in [7, 11) is 0. The van der Waals surface area contributed by atoms with Gasteiger partial charge in [0.25, 0.3) is 0 Å². The fourth-order valence-electron chi connectivity index (χ4n) is 1.66. The lowest BCUT2D eigenvalue weighted by atomic mass is 9.87. The Balaban J connectivity index is 2.72. The van der Waals surface area contributed by atoms with E-state index in [0.29, 0.717) is 5.41 Å². The molecule has 1 N–H and O–H groups in total. The predicted molar refractivity (Wildman–Crippen MR) is 49.4 cm³/mol. The summed E-state index contributed by atoms with van der Waals surface area (Å²) in [6.07, 6.45) is 2.55. The first kappa shape index (κ1) is 8.63. The van der Waals surface area contributed by atoms with Gasteiger partial charge in [0.1, 0.15) is 0 Å². The minimum Gasteiger partial charge on any atom is -0.389 e. The van der Waals surface area contributed by atoms with E-state index >= 15 is 0 Å². The van der Waals surface area contributed by atoms with Crippen molar-refractivity contribution in [3.63, 3.8) is 0 Å². The van der Waals surface area contributed by atoms with Crippen LogP contribution in [0.5, 0.6) is 0 Å². The standard InChI is InChI=1S/C10H19N/c1-5-11-9-6-7-10(3,4)8(9)2/h11H,5-7H2,1-4H3. The van der Waals surface area contributed by atoms with Crippen LogP contribution in [0.15, 0.2) is 11.3 Å². The summed E-state index contributed by atoms with van der Waals surface area (Å²) in [5.74, 6) is 0. The number of hydrogen-bond acceptors (Lipinski definition) is 1. The third-order valence-corrected chi connectivity index (χ3v) is 2.86. The van der Waals surface area contributed by atoms with Crippen LogP contribution >= 0.6 is 0 Å². The SMILES string of the molecule is CCNC1=C(C)C(C)(C)CC1. The molecule has 0 amide bonds. The van der Waals surface area contributed by atoms with Gasteiger partial charge in [0.2, 0.25) is 0 Å². The number of nitrogens with one attached hydrogen (secondary N) is 1. The molecule has 0 aliphatic heterocycles. The van der Waals surface area contributed by atoms with Crippen molar-refractivity contribution in [3.8, 4) is 0 Å². The second-order valence-electron chi connectivity index (χ2n) is 4.02. The van der Waals surface area contributed by atoms with Crippen molar-refractivity contribution in [3.05, 3.63) is 11.3 Å². The highest BCUT2D eigenvalue weighted by atomic mass is 14.9. The number of allylic oxidation sites excluding steroid dienone is 2. The summed E-state index contributed by atoms with van der Waals surface area (Å²) in [4.78, 5) is 0. The molecule has 1 heteroatoms. The van der Waals surface area contributed by atoms with Gasteiger partial charge < -0.3 is 5.32 Å². The molecule has 0 aromatic heterocycles. The normalized spacial score (nSPS) is 22.5. The first-order chi connectivity index (χ1) is 5.08. The average Bonchev–Trinajstić information content (AvgIpc) is 2.17. The molecule has 0 heterocycles. The van der Waals surface area contributed by atoms with Gasteiger partial charge in [-0.15, -0.1) is 0 Å². The van der Waals surface area contributed by atoms with Crippen LogP contribution in [0.2, 0.25) is 0 Å². The highest BCUT2D eigenvalue weighted by Crippen LogP contribution is 2.40. The Bertz CT molecular complexity index is 177. The van der Waals surface area contributed by atoms with E-state index in [1.54, 1.807) is 5.57 Å². The summed E-state index contributed by atoms with van der Waals surface area (Å²) in [5, 5.41) is 3.43. The summed E-state index contributed by atoms with van der Waals surface area (Å²) < 4.78 is 0. The fourth-order valence-corrected chi connectivity index (χ4v) is 1.66. The maximum atomic E-state index is 3.43. The van der Waals surface area contributed by atoms with E-state index in [1.165, 1.54) is 18.5 Å². The summed E-state index contributed by atoms with van der Waals surface area (Å²) in [5.41, 5.74) is 3.48. The van der Waals surface area contributed by atoms with E-state index in [0.717, 1.165) is 6.54 Å². The van der Waals surface area contributed by atoms with Crippen molar-refractivity contribution >= 4 is 0 Å². The molecule has 0 radical (unpaired) electrons. The van der Waals surface area contributed by atoms with Gasteiger partial charge in [-0.05, 0) is 37.7 Å². The Labute approximate surface area is 69.9 Å². The molecule has 0 saturated carbocycles. The summed E-state index contributed by atoms with van der Waals surface area (Å²) >= 11 is 0. The topological polar surface area (TPSA) is 12.0 Å². The molecular weight excluding hydrogens is 134 g/mol. The Morgan fingerprint density at radius 2 is 2.09 bits per heavy atom. The lowest BCUT2D eigenvalue weighted by molar-refractivity contribution is 0.442.